The Morgan fingerprint density at radius 3 is 2.68 bits per heavy atom. The molecule has 1 aliphatic rings. The molecule has 0 aromatic heterocycles. The van der Waals surface area contributed by atoms with E-state index in [0.29, 0.717) is 29.0 Å². The zero-order valence-electron chi connectivity index (χ0n) is 15.6. The van der Waals surface area contributed by atoms with E-state index in [-0.39, 0.29) is 11.6 Å². The molecule has 3 rings (SSSR count). The van der Waals surface area contributed by atoms with Crippen molar-refractivity contribution >= 4 is 34.6 Å². The number of amides is 1. The van der Waals surface area contributed by atoms with Gasteiger partial charge < -0.3 is 4.74 Å². The molecule has 0 N–H and O–H groups in total. The maximum atomic E-state index is 14.0. The molecule has 1 fully saturated rings. The van der Waals surface area contributed by atoms with Crippen LogP contribution in [-0.4, -0.2) is 29.1 Å². The second-order valence-electron chi connectivity index (χ2n) is 6.04. The van der Waals surface area contributed by atoms with E-state index in [1.54, 1.807) is 6.08 Å². The first kappa shape index (κ1) is 20.1. The van der Waals surface area contributed by atoms with Crippen LogP contribution in [0.5, 0.6) is 5.75 Å². The van der Waals surface area contributed by atoms with Crippen molar-refractivity contribution in [2.75, 3.05) is 13.2 Å². The summed E-state index contributed by atoms with van der Waals surface area (Å²) in [5.41, 5.74) is 0.778. The van der Waals surface area contributed by atoms with Gasteiger partial charge in [0.15, 0.2) is 11.0 Å². The van der Waals surface area contributed by atoms with Crippen LogP contribution in [0, 0.1) is 11.6 Å². The van der Waals surface area contributed by atoms with Gasteiger partial charge in [-0.05, 0) is 49.4 Å². The molecule has 2 aromatic carbocycles. The fourth-order valence-electron chi connectivity index (χ4n) is 2.63. The Hall–Kier alpha value is -2.67. The normalized spacial score (nSPS) is 17.0. The number of benzene rings is 2. The topological polar surface area (TPSA) is 41.9 Å². The fourth-order valence-corrected chi connectivity index (χ4v) is 3.68. The van der Waals surface area contributed by atoms with E-state index in [1.807, 2.05) is 38.1 Å². The Balaban J connectivity index is 1.94. The third-order valence-corrected chi connectivity index (χ3v) is 5.00. The molecule has 0 bridgehead atoms. The Labute approximate surface area is 166 Å². The van der Waals surface area contributed by atoms with Gasteiger partial charge in [0.25, 0.3) is 5.91 Å². The number of nitrogens with zero attached hydrogens (tertiary/aromatic N) is 2. The highest BCUT2D eigenvalue weighted by Gasteiger charge is 2.32. The van der Waals surface area contributed by atoms with Crippen molar-refractivity contribution in [1.29, 1.82) is 0 Å². The minimum absolute atomic E-state index is 0.0110. The monoisotopic (exact) mass is 402 g/mol. The van der Waals surface area contributed by atoms with E-state index < -0.39 is 11.6 Å². The summed E-state index contributed by atoms with van der Waals surface area (Å²) in [7, 11) is 0. The SMILES string of the molecule is CCCOc1ccccc1/C=C1/SC(=Nc2ccc(F)cc2F)N(CC)C1=O. The molecule has 0 saturated carbocycles. The summed E-state index contributed by atoms with van der Waals surface area (Å²) in [4.78, 5) is 18.9. The number of aliphatic imine (C=N–C) groups is 1. The second kappa shape index (κ2) is 9.01. The number of thioether (sulfide) groups is 1. The van der Waals surface area contributed by atoms with Crippen LogP contribution in [0.2, 0.25) is 0 Å². The van der Waals surface area contributed by atoms with Crippen molar-refractivity contribution in [1.82, 2.24) is 4.90 Å². The standard InChI is InChI=1S/C21H20F2N2O2S/c1-3-11-27-18-8-6-5-7-14(18)12-19-20(26)25(4-2)21(28-19)24-17-10-9-15(22)13-16(17)23/h5-10,12-13H,3-4,11H2,1-2H3/b19-12+,24-21?. The van der Waals surface area contributed by atoms with Crippen LogP contribution in [0.1, 0.15) is 25.8 Å². The number of hydrogen-bond donors (Lipinski definition) is 0. The number of carbonyl (C=O) groups excluding carboxylic acids is 1. The third kappa shape index (κ3) is 4.42. The van der Waals surface area contributed by atoms with Crippen LogP contribution in [0.3, 0.4) is 0 Å². The van der Waals surface area contributed by atoms with Crippen molar-refractivity contribution in [2.24, 2.45) is 4.99 Å². The number of rotatable bonds is 6. The molecule has 1 aliphatic heterocycles. The van der Waals surface area contributed by atoms with Gasteiger partial charge in [0.05, 0.1) is 11.5 Å². The molecular formula is C21H20F2N2O2S. The van der Waals surface area contributed by atoms with E-state index in [9.17, 15) is 13.6 Å². The lowest BCUT2D eigenvalue weighted by Gasteiger charge is -2.12. The average molecular weight is 402 g/mol. The molecule has 146 valence electrons. The lowest BCUT2D eigenvalue weighted by Crippen LogP contribution is -2.28. The number of amidine groups is 1. The first-order valence-corrected chi connectivity index (χ1v) is 9.82. The molecule has 0 aliphatic carbocycles. The summed E-state index contributed by atoms with van der Waals surface area (Å²) in [6.45, 7) is 4.81. The second-order valence-corrected chi connectivity index (χ2v) is 7.05. The maximum Gasteiger partial charge on any atom is 0.266 e. The number of ether oxygens (including phenoxy) is 1. The van der Waals surface area contributed by atoms with E-state index in [4.69, 9.17) is 4.74 Å². The quantitative estimate of drug-likeness (QED) is 0.610. The predicted molar refractivity (Wildman–Crippen MR) is 109 cm³/mol. The molecule has 0 spiro atoms. The van der Waals surface area contributed by atoms with Crippen LogP contribution in [0.25, 0.3) is 6.08 Å². The minimum atomic E-state index is -0.771. The molecule has 0 radical (unpaired) electrons. The van der Waals surface area contributed by atoms with Crippen molar-refractivity contribution in [3.8, 4) is 5.75 Å². The summed E-state index contributed by atoms with van der Waals surface area (Å²) in [6.07, 6.45) is 2.63. The Morgan fingerprint density at radius 2 is 1.96 bits per heavy atom. The number of para-hydroxylation sites is 1. The number of hydrogen-bond acceptors (Lipinski definition) is 4. The molecule has 1 saturated heterocycles. The van der Waals surface area contributed by atoms with Gasteiger partial charge in [0.2, 0.25) is 0 Å². The first-order chi connectivity index (χ1) is 13.5. The zero-order valence-corrected chi connectivity index (χ0v) is 16.4. The summed E-state index contributed by atoms with van der Waals surface area (Å²) >= 11 is 1.16. The lowest BCUT2D eigenvalue weighted by atomic mass is 10.2. The van der Waals surface area contributed by atoms with Crippen molar-refractivity contribution in [2.45, 2.75) is 20.3 Å². The zero-order chi connectivity index (χ0) is 20.1. The molecule has 0 atom stereocenters. The van der Waals surface area contributed by atoms with Crippen molar-refractivity contribution in [3.05, 3.63) is 64.6 Å². The number of halogens is 2. The first-order valence-electron chi connectivity index (χ1n) is 9.00. The minimum Gasteiger partial charge on any atom is -0.493 e. The summed E-state index contributed by atoms with van der Waals surface area (Å²) in [5, 5.41) is 0.358. The summed E-state index contributed by atoms with van der Waals surface area (Å²) in [5.74, 6) is -0.956. The van der Waals surface area contributed by atoms with Crippen LogP contribution in [0.4, 0.5) is 14.5 Å². The average Bonchev–Trinajstić information content (AvgIpc) is 2.97. The highest BCUT2D eigenvalue weighted by Crippen LogP contribution is 2.35. The maximum absolute atomic E-state index is 14.0. The molecule has 1 amide bonds. The smallest absolute Gasteiger partial charge is 0.266 e. The van der Waals surface area contributed by atoms with Gasteiger partial charge in [-0.2, -0.15) is 0 Å². The Kier molecular flexibility index (Phi) is 6.46. The van der Waals surface area contributed by atoms with E-state index in [0.717, 1.165) is 35.9 Å². The predicted octanol–water partition coefficient (Wildman–Crippen LogP) is 5.38. The number of carbonyl (C=O) groups is 1. The Bertz CT molecular complexity index is 944. The van der Waals surface area contributed by atoms with Gasteiger partial charge >= 0.3 is 0 Å². The van der Waals surface area contributed by atoms with E-state index >= 15 is 0 Å². The van der Waals surface area contributed by atoms with Gasteiger partial charge in [-0.25, -0.2) is 13.8 Å². The molecule has 0 unspecified atom stereocenters. The highest BCUT2D eigenvalue weighted by molar-refractivity contribution is 8.18. The van der Waals surface area contributed by atoms with Crippen molar-refractivity contribution < 1.29 is 18.3 Å². The molecular weight excluding hydrogens is 382 g/mol. The largest absolute Gasteiger partial charge is 0.493 e. The lowest BCUT2D eigenvalue weighted by molar-refractivity contribution is -0.122. The number of likely N-dealkylation sites (N-methyl/N-ethyl adjacent to an activating group) is 1. The van der Waals surface area contributed by atoms with Crippen LogP contribution in [0.15, 0.2) is 52.4 Å². The Morgan fingerprint density at radius 1 is 1.18 bits per heavy atom. The van der Waals surface area contributed by atoms with Crippen molar-refractivity contribution in [3.63, 3.8) is 0 Å². The summed E-state index contributed by atoms with van der Waals surface area (Å²) < 4.78 is 32.8. The van der Waals surface area contributed by atoms with Crippen LogP contribution >= 0.6 is 11.8 Å². The van der Waals surface area contributed by atoms with E-state index in [2.05, 4.69) is 4.99 Å². The fraction of sp³-hybridized carbons (Fsp3) is 0.238. The molecule has 2 aromatic rings. The summed E-state index contributed by atoms with van der Waals surface area (Å²) in [6, 6.07) is 10.6. The molecule has 1 heterocycles. The molecule has 4 nitrogen and oxygen atoms in total. The van der Waals surface area contributed by atoms with Gasteiger partial charge in [-0.15, -0.1) is 0 Å². The highest BCUT2D eigenvalue weighted by atomic mass is 32.2. The van der Waals surface area contributed by atoms with Gasteiger partial charge in [-0.3, -0.25) is 9.69 Å². The van der Waals surface area contributed by atoms with Gasteiger partial charge in [0.1, 0.15) is 17.3 Å². The van der Waals surface area contributed by atoms with Gasteiger partial charge in [0, 0.05) is 18.2 Å². The van der Waals surface area contributed by atoms with Gasteiger partial charge in [-0.1, -0.05) is 25.1 Å². The van der Waals surface area contributed by atoms with Crippen LogP contribution < -0.4 is 4.74 Å². The third-order valence-electron chi connectivity index (χ3n) is 4.00. The van der Waals surface area contributed by atoms with E-state index in [1.165, 1.54) is 11.0 Å². The molecule has 7 heteroatoms. The molecule has 28 heavy (non-hydrogen) atoms. The van der Waals surface area contributed by atoms with Crippen LogP contribution in [-0.2, 0) is 4.79 Å².